The van der Waals surface area contributed by atoms with E-state index >= 15 is 0 Å². The zero-order valence-electron chi connectivity index (χ0n) is 9.01. The molecule has 0 bridgehead atoms. The summed E-state index contributed by atoms with van der Waals surface area (Å²) >= 11 is 0. The van der Waals surface area contributed by atoms with Crippen molar-refractivity contribution in [2.45, 2.75) is 0 Å². The van der Waals surface area contributed by atoms with Gasteiger partial charge in [0.1, 0.15) is 17.9 Å². The standard InChI is InChI=1S/C14H10O3/c1-2-9-17-13-11-6-4-3-5-10(11)7-8-12(13)14(15)16/h1,3-8H,9H2,(H,15,16). The van der Waals surface area contributed by atoms with E-state index in [2.05, 4.69) is 5.92 Å². The number of terminal acetylenes is 1. The summed E-state index contributed by atoms with van der Waals surface area (Å²) in [6.45, 7) is 0.0499. The normalized spacial score (nSPS) is 9.82. The molecule has 0 aliphatic rings. The van der Waals surface area contributed by atoms with E-state index in [1.165, 1.54) is 6.07 Å². The Hall–Kier alpha value is -2.47. The van der Waals surface area contributed by atoms with Crippen molar-refractivity contribution in [2.75, 3.05) is 6.61 Å². The summed E-state index contributed by atoms with van der Waals surface area (Å²) in [5.41, 5.74) is 0.124. The predicted octanol–water partition coefficient (Wildman–Crippen LogP) is 2.55. The Bertz CT molecular complexity index is 608. The van der Waals surface area contributed by atoms with Gasteiger partial charge < -0.3 is 9.84 Å². The third kappa shape index (κ3) is 2.06. The van der Waals surface area contributed by atoms with Gasteiger partial charge in [0.2, 0.25) is 0 Å². The van der Waals surface area contributed by atoms with E-state index in [0.717, 1.165) is 10.8 Å². The van der Waals surface area contributed by atoms with Crippen LogP contribution in [0.1, 0.15) is 10.4 Å². The molecular weight excluding hydrogens is 216 g/mol. The zero-order valence-corrected chi connectivity index (χ0v) is 9.01. The summed E-state index contributed by atoms with van der Waals surface area (Å²) in [5, 5.41) is 10.8. The van der Waals surface area contributed by atoms with Crippen molar-refractivity contribution in [3.8, 4) is 18.1 Å². The quantitative estimate of drug-likeness (QED) is 0.818. The molecule has 1 N–H and O–H groups in total. The number of carbonyl (C=O) groups is 1. The zero-order chi connectivity index (χ0) is 12.3. The fraction of sp³-hybridized carbons (Fsp3) is 0.0714. The van der Waals surface area contributed by atoms with Crippen molar-refractivity contribution < 1.29 is 14.6 Å². The van der Waals surface area contributed by atoms with Crippen molar-refractivity contribution in [1.29, 1.82) is 0 Å². The smallest absolute Gasteiger partial charge is 0.339 e. The molecule has 2 aromatic carbocycles. The van der Waals surface area contributed by atoms with Gasteiger partial charge in [0.15, 0.2) is 0 Å². The highest BCUT2D eigenvalue weighted by molar-refractivity contribution is 6.00. The lowest BCUT2D eigenvalue weighted by Gasteiger charge is -2.10. The second-order valence-corrected chi connectivity index (χ2v) is 3.46. The molecule has 0 saturated heterocycles. The average molecular weight is 226 g/mol. The van der Waals surface area contributed by atoms with Gasteiger partial charge in [0.05, 0.1) is 0 Å². The predicted molar refractivity (Wildman–Crippen MR) is 65.2 cm³/mol. The summed E-state index contributed by atoms with van der Waals surface area (Å²) in [6, 6.07) is 10.7. The van der Waals surface area contributed by atoms with Gasteiger partial charge in [-0.1, -0.05) is 36.3 Å². The molecule has 17 heavy (non-hydrogen) atoms. The van der Waals surface area contributed by atoms with Gasteiger partial charge in [-0.2, -0.15) is 0 Å². The number of carboxylic acid groups (broad SMARTS) is 1. The van der Waals surface area contributed by atoms with Crippen LogP contribution in [0.2, 0.25) is 0 Å². The van der Waals surface area contributed by atoms with Crippen LogP contribution in [0.4, 0.5) is 0 Å². The molecule has 0 saturated carbocycles. The van der Waals surface area contributed by atoms with Crippen molar-refractivity contribution >= 4 is 16.7 Å². The molecule has 0 amide bonds. The molecular formula is C14H10O3. The van der Waals surface area contributed by atoms with Gasteiger partial charge in [-0.15, -0.1) is 6.42 Å². The molecule has 0 radical (unpaired) electrons. The van der Waals surface area contributed by atoms with Crippen LogP contribution < -0.4 is 4.74 Å². The number of fused-ring (bicyclic) bond motifs is 1. The van der Waals surface area contributed by atoms with Gasteiger partial charge in [-0.3, -0.25) is 0 Å². The first-order valence-corrected chi connectivity index (χ1v) is 5.05. The van der Waals surface area contributed by atoms with Gasteiger partial charge in [0, 0.05) is 5.39 Å². The van der Waals surface area contributed by atoms with Crippen LogP contribution >= 0.6 is 0 Å². The Morgan fingerprint density at radius 1 is 1.29 bits per heavy atom. The Balaban J connectivity index is 2.66. The summed E-state index contributed by atoms with van der Waals surface area (Å²) in [6.07, 6.45) is 5.12. The number of benzene rings is 2. The van der Waals surface area contributed by atoms with Gasteiger partial charge in [-0.25, -0.2) is 4.79 Å². The van der Waals surface area contributed by atoms with Gasteiger partial charge in [0.25, 0.3) is 0 Å². The van der Waals surface area contributed by atoms with Crippen LogP contribution in [0.25, 0.3) is 10.8 Å². The first-order chi connectivity index (χ1) is 8.24. The summed E-state index contributed by atoms with van der Waals surface area (Å²) < 4.78 is 5.34. The van der Waals surface area contributed by atoms with Crippen molar-refractivity contribution in [3.05, 3.63) is 42.0 Å². The Morgan fingerprint density at radius 3 is 2.76 bits per heavy atom. The van der Waals surface area contributed by atoms with E-state index in [1.807, 2.05) is 24.3 Å². The molecule has 0 spiro atoms. The maximum atomic E-state index is 11.1. The van der Waals surface area contributed by atoms with E-state index in [-0.39, 0.29) is 12.2 Å². The van der Waals surface area contributed by atoms with Gasteiger partial charge in [-0.05, 0) is 11.5 Å². The molecule has 0 atom stereocenters. The third-order valence-corrected chi connectivity index (χ3v) is 2.41. The summed E-state index contributed by atoms with van der Waals surface area (Å²) in [7, 11) is 0. The maximum absolute atomic E-state index is 11.1. The molecule has 0 unspecified atom stereocenters. The lowest BCUT2D eigenvalue weighted by Crippen LogP contribution is -2.03. The highest BCUT2D eigenvalue weighted by atomic mass is 16.5. The highest BCUT2D eigenvalue weighted by Crippen LogP contribution is 2.29. The van der Waals surface area contributed by atoms with Crippen LogP contribution in [0.3, 0.4) is 0 Å². The Labute approximate surface area is 98.6 Å². The minimum atomic E-state index is -1.03. The molecule has 3 nitrogen and oxygen atoms in total. The van der Waals surface area contributed by atoms with Crippen LogP contribution in [-0.2, 0) is 0 Å². The van der Waals surface area contributed by atoms with E-state index in [0.29, 0.717) is 5.75 Å². The SMILES string of the molecule is C#CCOc1c(C(=O)O)ccc2ccccc12. The van der Waals surface area contributed by atoms with Crippen LogP contribution in [0.5, 0.6) is 5.75 Å². The van der Waals surface area contributed by atoms with Crippen LogP contribution in [0.15, 0.2) is 36.4 Å². The summed E-state index contributed by atoms with van der Waals surface area (Å²) in [5.74, 6) is 1.63. The van der Waals surface area contributed by atoms with Crippen molar-refractivity contribution in [1.82, 2.24) is 0 Å². The Kier molecular flexibility index (Phi) is 2.97. The largest absolute Gasteiger partial charge is 0.479 e. The number of ether oxygens (including phenoxy) is 1. The molecule has 84 valence electrons. The van der Waals surface area contributed by atoms with Crippen LogP contribution in [-0.4, -0.2) is 17.7 Å². The third-order valence-electron chi connectivity index (χ3n) is 2.41. The van der Waals surface area contributed by atoms with Crippen LogP contribution in [0, 0.1) is 12.3 Å². The molecule has 3 heteroatoms. The van der Waals surface area contributed by atoms with Gasteiger partial charge >= 0.3 is 5.97 Å². The highest BCUT2D eigenvalue weighted by Gasteiger charge is 2.14. The molecule has 0 aromatic heterocycles. The van der Waals surface area contributed by atoms with Crippen molar-refractivity contribution in [2.24, 2.45) is 0 Å². The monoisotopic (exact) mass is 226 g/mol. The lowest BCUT2D eigenvalue weighted by atomic mass is 10.1. The number of rotatable bonds is 3. The summed E-state index contributed by atoms with van der Waals surface area (Å²) in [4.78, 5) is 11.1. The number of hydrogen-bond donors (Lipinski definition) is 1. The molecule has 0 aliphatic carbocycles. The second kappa shape index (κ2) is 4.58. The van der Waals surface area contributed by atoms with E-state index in [4.69, 9.17) is 16.3 Å². The second-order valence-electron chi connectivity index (χ2n) is 3.46. The minimum absolute atomic E-state index is 0.0499. The Morgan fingerprint density at radius 2 is 2.06 bits per heavy atom. The van der Waals surface area contributed by atoms with E-state index in [9.17, 15) is 4.79 Å². The molecule has 2 aromatic rings. The molecule has 0 aliphatic heterocycles. The number of carboxylic acids is 1. The fourth-order valence-electron chi connectivity index (χ4n) is 1.68. The fourth-order valence-corrected chi connectivity index (χ4v) is 1.68. The first-order valence-electron chi connectivity index (χ1n) is 5.05. The molecule has 0 heterocycles. The van der Waals surface area contributed by atoms with E-state index in [1.54, 1.807) is 6.07 Å². The maximum Gasteiger partial charge on any atom is 0.339 e. The molecule has 2 rings (SSSR count). The topological polar surface area (TPSA) is 46.5 Å². The molecule has 0 fully saturated rings. The number of aromatic carboxylic acids is 1. The average Bonchev–Trinajstić information content (AvgIpc) is 2.35. The minimum Gasteiger partial charge on any atom is -0.479 e. The number of hydrogen-bond acceptors (Lipinski definition) is 2. The first kappa shape index (κ1) is 11.0. The van der Waals surface area contributed by atoms with E-state index < -0.39 is 5.97 Å². The van der Waals surface area contributed by atoms with Crippen molar-refractivity contribution in [3.63, 3.8) is 0 Å². The lowest BCUT2D eigenvalue weighted by molar-refractivity contribution is 0.0693.